The third-order valence-corrected chi connectivity index (χ3v) is 4.17. The normalized spacial score (nSPS) is 24.2. The molecule has 1 heterocycles. The Kier molecular flexibility index (Phi) is 7.14. The summed E-state index contributed by atoms with van der Waals surface area (Å²) in [6.07, 6.45) is 6.78. The van der Waals surface area contributed by atoms with Crippen molar-refractivity contribution < 1.29 is 0 Å². The SMILES string of the molecule is CCC1CCCN(CC[C@@H](CN)CC(C)C)C1. The van der Waals surface area contributed by atoms with E-state index >= 15 is 0 Å². The number of nitrogens with two attached hydrogens (primary N) is 1. The van der Waals surface area contributed by atoms with Crippen molar-refractivity contribution in [3.63, 3.8) is 0 Å². The van der Waals surface area contributed by atoms with Gasteiger partial charge in [0.2, 0.25) is 0 Å². The molecule has 0 radical (unpaired) electrons. The average molecular weight is 240 g/mol. The molecule has 0 saturated carbocycles. The van der Waals surface area contributed by atoms with Crippen molar-refractivity contribution in [2.45, 2.75) is 52.9 Å². The molecule has 0 bridgehead atoms. The van der Waals surface area contributed by atoms with E-state index < -0.39 is 0 Å². The summed E-state index contributed by atoms with van der Waals surface area (Å²) in [7, 11) is 0. The van der Waals surface area contributed by atoms with Gasteiger partial charge in [-0.25, -0.2) is 0 Å². The zero-order valence-corrected chi connectivity index (χ0v) is 12.1. The summed E-state index contributed by atoms with van der Waals surface area (Å²) in [4.78, 5) is 2.67. The van der Waals surface area contributed by atoms with Gasteiger partial charge in [-0.2, -0.15) is 0 Å². The first-order chi connectivity index (χ1) is 8.15. The topological polar surface area (TPSA) is 29.3 Å². The van der Waals surface area contributed by atoms with E-state index in [9.17, 15) is 0 Å². The Morgan fingerprint density at radius 2 is 2.12 bits per heavy atom. The molecule has 1 aliphatic heterocycles. The molecule has 0 spiro atoms. The Morgan fingerprint density at radius 1 is 1.35 bits per heavy atom. The summed E-state index contributed by atoms with van der Waals surface area (Å²) >= 11 is 0. The van der Waals surface area contributed by atoms with Gasteiger partial charge in [0.25, 0.3) is 0 Å². The quantitative estimate of drug-likeness (QED) is 0.741. The molecule has 1 rings (SSSR count). The summed E-state index contributed by atoms with van der Waals surface area (Å²) in [5.74, 6) is 2.47. The van der Waals surface area contributed by atoms with Crippen molar-refractivity contribution in [2.75, 3.05) is 26.2 Å². The smallest absolute Gasteiger partial charge is 0.000956 e. The number of piperidine rings is 1. The van der Waals surface area contributed by atoms with Gasteiger partial charge in [0.05, 0.1) is 0 Å². The molecule has 0 aromatic heterocycles. The Hall–Kier alpha value is -0.0800. The predicted molar refractivity (Wildman–Crippen MR) is 76.1 cm³/mol. The van der Waals surface area contributed by atoms with Crippen LogP contribution in [0.2, 0.25) is 0 Å². The van der Waals surface area contributed by atoms with Gasteiger partial charge < -0.3 is 10.6 Å². The van der Waals surface area contributed by atoms with E-state index in [-0.39, 0.29) is 0 Å². The Morgan fingerprint density at radius 3 is 2.71 bits per heavy atom. The number of rotatable bonds is 7. The molecule has 2 N–H and O–H groups in total. The third kappa shape index (κ3) is 5.87. The summed E-state index contributed by atoms with van der Waals surface area (Å²) < 4.78 is 0. The highest BCUT2D eigenvalue weighted by molar-refractivity contribution is 4.73. The lowest BCUT2D eigenvalue weighted by molar-refractivity contribution is 0.160. The van der Waals surface area contributed by atoms with Crippen LogP contribution in [0.3, 0.4) is 0 Å². The second-order valence-electron chi connectivity index (χ2n) is 6.24. The van der Waals surface area contributed by atoms with Crippen LogP contribution in [0.15, 0.2) is 0 Å². The van der Waals surface area contributed by atoms with Crippen LogP contribution in [0.4, 0.5) is 0 Å². The molecule has 1 saturated heterocycles. The number of hydrogen-bond acceptors (Lipinski definition) is 2. The molecular formula is C15H32N2. The lowest BCUT2D eigenvalue weighted by Gasteiger charge is -2.33. The zero-order valence-electron chi connectivity index (χ0n) is 12.1. The third-order valence-electron chi connectivity index (χ3n) is 4.17. The van der Waals surface area contributed by atoms with Gasteiger partial charge in [-0.05, 0) is 63.1 Å². The van der Waals surface area contributed by atoms with Crippen molar-refractivity contribution in [1.82, 2.24) is 4.90 Å². The van der Waals surface area contributed by atoms with E-state index in [1.807, 2.05) is 0 Å². The first-order valence-corrected chi connectivity index (χ1v) is 7.58. The minimum absolute atomic E-state index is 0.733. The predicted octanol–water partition coefficient (Wildman–Crippen LogP) is 3.12. The molecule has 0 aromatic rings. The van der Waals surface area contributed by atoms with E-state index in [0.717, 1.165) is 24.3 Å². The fourth-order valence-corrected chi connectivity index (χ4v) is 3.05. The highest BCUT2D eigenvalue weighted by Crippen LogP contribution is 2.21. The lowest BCUT2D eigenvalue weighted by atomic mass is 9.92. The molecular weight excluding hydrogens is 208 g/mol. The highest BCUT2D eigenvalue weighted by Gasteiger charge is 2.19. The summed E-state index contributed by atoms with van der Waals surface area (Å²) in [6, 6.07) is 0. The minimum Gasteiger partial charge on any atom is -0.330 e. The largest absolute Gasteiger partial charge is 0.330 e. The monoisotopic (exact) mass is 240 g/mol. The molecule has 0 aromatic carbocycles. The molecule has 17 heavy (non-hydrogen) atoms. The molecule has 102 valence electrons. The summed E-state index contributed by atoms with van der Waals surface area (Å²) in [5, 5.41) is 0. The van der Waals surface area contributed by atoms with Gasteiger partial charge in [-0.3, -0.25) is 0 Å². The molecule has 2 nitrogen and oxygen atoms in total. The van der Waals surface area contributed by atoms with E-state index in [0.29, 0.717) is 0 Å². The maximum atomic E-state index is 5.87. The van der Waals surface area contributed by atoms with Crippen molar-refractivity contribution in [3.8, 4) is 0 Å². The van der Waals surface area contributed by atoms with Gasteiger partial charge in [0.1, 0.15) is 0 Å². The lowest BCUT2D eigenvalue weighted by Crippen LogP contribution is -2.37. The maximum absolute atomic E-state index is 5.87. The van der Waals surface area contributed by atoms with Gasteiger partial charge in [0, 0.05) is 6.54 Å². The standard InChI is InChI=1S/C15H32N2/c1-4-14-6-5-8-17(12-14)9-7-15(11-16)10-13(2)3/h13-15H,4-12,16H2,1-3H3/t14?,15-/m1/s1. The first kappa shape index (κ1) is 15.0. The van der Waals surface area contributed by atoms with Crippen molar-refractivity contribution in [2.24, 2.45) is 23.5 Å². The van der Waals surface area contributed by atoms with E-state index in [4.69, 9.17) is 5.73 Å². The van der Waals surface area contributed by atoms with Crippen LogP contribution in [0.25, 0.3) is 0 Å². The van der Waals surface area contributed by atoms with Gasteiger partial charge >= 0.3 is 0 Å². The Balaban J connectivity index is 2.23. The number of nitrogens with zero attached hydrogens (tertiary/aromatic N) is 1. The zero-order chi connectivity index (χ0) is 12.7. The van der Waals surface area contributed by atoms with Crippen LogP contribution in [-0.2, 0) is 0 Å². The number of likely N-dealkylation sites (tertiary alicyclic amines) is 1. The van der Waals surface area contributed by atoms with Crippen molar-refractivity contribution in [3.05, 3.63) is 0 Å². The van der Waals surface area contributed by atoms with E-state index in [2.05, 4.69) is 25.7 Å². The number of hydrogen-bond donors (Lipinski definition) is 1. The van der Waals surface area contributed by atoms with Crippen molar-refractivity contribution in [1.29, 1.82) is 0 Å². The van der Waals surface area contributed by atoms with Crippen LogP contribution >= 0.6 is 0 Å². The van der Waals surface area contributed by atoms with Crippen LogP contribution in [-0.4, -0.2) is 31.1 Å². The second-order valence-corrected chi connectivity index (χ2v) is 6.24. The van der Waals surface area contributed by atoms with Crippen LogP contribution in [0, 0.1) is 17.8 Å². The van der Waals surface area contributed by atoms with Crippen molar-refractivity contribution >= 4 is 0 Å². The minimum atomic E-state index is 0.733. The molecule has 1 fully saturated rings. The van der Waals surface area contributed by atoms with Crippen LogP contribution in [0.5, 0.6) is 0 Å². The Bertz CT molecular complexity index is 191. The van der Waals surface area contributed by atoms with Crippen LogP contribution < -0.4 is 5.73 Å². The second kappa shape index (κ2) is 8.10. The average Bonchev–Trinajstić information content (AvgIpc) is 2.34. The highest BCUT2D eigenvalue weighted by atomic mass is 15.1. The van der Waals surface area contributed by atoms with Gasteiger partial charge in [-0.15, -0.1) is 0 Å². The molecule has 1 aliphatic rings. The van der Waals surface area contributed by atoms with Gasteiger partial charge in [0.15, 0.2) is 0 Å². The fraction of sp³-hybridized carbons (Fsp3) is 1.00. The van der Waals surface area contributed by atoms with Gasteiger partial charge in [-0.1, -0.05) is 27.2 Å². The maximum Gasteiger partial charge on any atom is 0.000956 e. The molecule has 0 amide bonds. The van der Waals surface area contributed by atoms with Crippen LogP contribution in [0.1, 0.15) is 52.9 Å². The first-order valence-electron chi connectivity index (χ1n) is 7.58. The fourth-order valence-electron chi connectivity index (χ4n) is 3.05. The summed E-state index contributed by atoms with van der Waals surface area (Å²) in [5.41, 5.74) is 5.87. The molecule has 2 atom stereocenters. The Labute approximate surface area is 108 Å². The molecule has 1 unspecified atom stereocenters. The van der Waals surface area contributed by atoms with E-state index in [1.165, 1.54) is 51.7 Å². The molecule has 2 heteroatoms. The molecule has 0 aliphatic carbocycles. The van der Waals surface area contributed by atoms with E-state index in [1.54, 1.807) is 0 Å². The summed E-state index contributed by atoms with van der Waals surface area (Å²) in [6.45, 7) is 11.7.